The van der Waals surface area contributed by atoms with Crippen molar-refractivity contribution in [3.05, 3.63) is 62.5 Å². The third-order valence-electron chi connectivity index (χ3n) is 7.46. The Bertz CT molecular complexity index is 1450. The molecular weight excluding hydrogens is 571 g/mol. The maximum Gasteiger partial charge on any atom is 0.338 e. The number of allylic oxidation sites excluding steroid dienone is 1. The van der Waals surface area contributed by atoms with Crippen LogP contribution in [0.2, 0.25) is 5.02 Å². The van der Waals surface area contributed by atoms with Crippen molar-refractivity contribution in [3.63, 3.8) is 0 Å². The highest BCUT2D eigenvalue weighted by atomic mass is 35.5. The highest BCUT2D eigenvalue weighted by Crippen LogP contribution is 2.41. The summed E-state index contributed by atoms with van der Waals surface area (Å²) in [4.78, 5) is 33.4. The molecule has 2 aliphatic heterocycles. The average Bonchev–Trinajstić information content (AvgIpc) is 3.41. The summed E-state index contributed by atoms with van der Waals surface area (Å²) in [6, 6.07) is 2.99. The lowest BCUT2D eigenvalue weighted by Crippen LogP contribution is -2.50. The van der Waals surface area contributed by atoms with E-state index in [-0.39, 0.29) is 42.4 Å². The highest BCUT2D eigenvalue weighted by Gasteiger charge is 2.46. The third-order valence-corrected chi connectivity index (χ3v) is 10.9. The molecule has 0 spiro atoms. The second-order valence-electron chi connectivity index (χ2n) is 9.67. The highest BCUT2D eigenvalue weighted by molar-refractivity contribution is 7.89. The number of rotatable bonds is 7. The van der Waals surface area contributed by atoms with Gasteiger partial charge in [0.05, 0.1) is 23.9 Å². The molecule has 1 aromatic carbocycles. The van der Waals surface area contributed by atoms with Crippen LogP contribution in [0.1, 0.15) is 42.3 Å². The number of nitrogens with zero attached hydrogens (tertiary/aromatic N) is 3. The van der Waals surface area contributed by atoms with Crippen LogP contribution in [-0.4, -0.2) is 66.0 Å². The van der Waals surface area contributed by atoms with Crippen LogP contribution in [0.25, 0.3) is 0 Å². The fourth-order valence-electron chi connectivity index (χ4n) is 5.24. The van der Waals surface area contributed by atoms with Crippen LogP contribution in [-0.2, 0) is 24.3 Å². The summed E-state index contributed by atoms with van der Waals surface area (Å²) in [5.41, 5.74) is 1.18. The van der Waals surface area contributed by atoms with Crippen LogP contribution in [0, 0.1) is 17.7 Å². The summed E-state index contributed by atoms with van der Waals surface area (Å²) >= 11 is 7.75. The molecule has 1 aliphatic carbocycles. The third kappa shape index (κ3) is 5.32. The van der Waals surface area contributed by atoms with Gasteiger partial charge in [-0.1, -0.05) is 17.7 Å². The number of ether oxygens (including phenoxy) is 1. The topological polar surface area (TPSA) is 138 Å². The lowest BCUT2D eigenvalue weighted by molar-refractivity contribution is -0.144. The molecule has 1 atom stereocenters. The Morgan fingerprint density at radius 3 is 2.56 bits per heavy atom. The number of halogens is 2. The fourth-order valence-corrected chi connectivity index (χ4v) is 8.19. The Labute approximate surface area is 233 Å². The fraction of sp³-hybridized carbons (Fsp3) is 0.440. The number of esters is 1. The van der Waals surface area contributed by atoms with Gasteiger partial charge in [-0.2, -0.15) is 0 Å². The number of hydrogen-bond donors (Lipinski definition) is 2. The van der Waals surface area contributed by atoms with Gasteiger partial charge in [0.2, 0.25) is 10.0 Å². The molecule has 2 aromatic rings. The number of aromatic nitrogens is 1. The van der Waals surface area contributed by atoms with E-state index in [0.29, 0.717) is 34.9 Å². The zero-order valence-electron chi connectivity index (χ0n) is 20.8. The van der Waals surface area contributed by atoms with E-state index in [1.54, 1.807) is 11.6 Å². The molecule has 39 heavy (non-hydrogen) atoms. The van der Waals surface area contributed by atoms with E-state index in [0.717, 1.165) is 6.07 Å². The number of methoxy groups -OCH3 is 1. The quantitative estimate of drug-likeness (QED) is 0.464. The molecule has 10 nitrogen and oxygen atoms in total. The second-order valence-corrected chi connectivity index (χ2v) is 13.2. The standard InChI is InChI=1S/C25H26ClFN4O6S2/c1-37-25(34)19-20(13-4-7-31(8-5-13)39(35,36)16-10-14(11-16)24(32)33)29-22(23-28-6-9-38-23)30-21(19)17-3-2-15(27)12-18(17)26/h2-3,6,9,12-14,16,21H,4-5,7-8,10-11H2,1H3,(H,29,30)(H,32,33). The smallest absolute Gasteiger partial charge is 0.338 e. The molecule has 0 amide bonds. The molecule has 1 saturated carbocycles. The van der Waals surface area contributed by atoms with Gasteiger partial charge in [-0.25, -0.2) is 26.9 Å². The van der Waals surface area contributed by atoms with E-state index in [2.05, 4.69) is 10.3 Å². The number of carboxylic acids is 1. The van der Waals surface area contributed by atoms with Crippen LogP contribution in [0.4, 0.5) is 4.39 Å². The molecule has 5 rings (SSSR count). The summed E-state index contributed by atoms with van der Waals surface area (Å²) in [5.74, 6) is -2.58. The Morgan fingerprint density at radius 2 is 1.97 bits per heavy atom. The largest absolute Gasteiger partial charge is 0.481 e. The minimum absolute atomic E-state index is 0.103. The van der Waals surface area contributed by atoms with Crippen LogP contribution in [0.5, 0.6) is 0 Å². The molecule has 1 unspecified atom stereocenters. The first-order chi connectivity index (χ1) is 18.6. The number of aliphatic carboxylic acids is 1. The number of benzene rings is 1. The van der Waals surface area contributed by atoms with E-state index in [9.17, 15) is 22.4 Å². The second kappa shape index (κ2) is 11.0. The van der Waals surface area contributed by atoms with E-state index >= 15 is 0 Å². The van der Waals surface area contributed by atoms with Crippen LogP contribution >= 0.6 is 22.9 Å². The predicted molar refractivity (Wildman–Crippen MR) is 142 cm³/mol. The molecule has 14 heteroatoms. The van der Waals surface area contributed by atoms with Crippen molar-refractivity contribution in [2.24, 2.45) is 16.8 Å². The molecule has 3 aliphatic rings. The molecule has 208 valence electrons. The van der Waals surface area contributed by atoms with Gasteiger partial charge in [-0.05, 0) is 37.8 Å². The number of hydrogen-bond acceptors (Lipinski definition) is 9. The van der Waals surface area contributed by atoms with Gasteiger partial charge in [0.25, 0.3) is 0 Å². The Balaban J connectivity index is 1.46. The van der Waals surface area contributed by atoms with Gasteiger partial charge in [0.15, 0.2) is 10.8 Å². The van der Waals surface area contributed by atoms with Crippen molar-refractivity contribution in [1.29, 1.82) is 0 Å². The average molecular weight is 597 g/mol. The van der Waals surface area contributed by atoms with E-state index < -0.39 is 45.0 Å². The number of carbonyl (C=O) groups is 2. The molecule has 0 bridgehead atoms. The summed E-state index contributed by atoms with van der Waals surface area (Å²) in [7, 11) is -2.37. The van der Waals surface area contributed by atoms with E-state index in [4.69, 9.17) is 26.4 Å². The van der Waals surface area contributed by atoms with Crippen LogP contribution in [0.3, 0.4) is 0 Å². The normalized spacial score (nSPS) is 24.5. The van der Waals surface area contributed by atoms with Gasteiger partial charge >= 0.3 is 11.9 Å². The number of sulfonamides is 1. The first kappa shape index (κ1) is 27.7. The first-order valence-corrected chi connectivity index (χ1v) is 15.1. The maximum atomic E-state index is 13.9. The Hall–Kier alpha value is -2.87. The minimum Gasteiger partial charge on any atom is -0.481 e. The zero-order valence-corrected chi connectivity index (χ0v) is 23.2. The van der Waals surface area contributed by atoms with Gasteiger partial charge in [0.1, 0.15) is 11.9 Å². The monoisotopic (exact) mass is 596 g/mol. The van der Waals surface area contributed by atoms with Crippen molar-refractivity contribution in [2.75, 3.05) is 20.2 Å². The number of amidine groups is 1. The van der Waals surface area contributed by atoms with Gasteiger partial charge in [0, 0.05) is 46.9 Å². The molecule has 2 N–H and O–H groups in total. The molecule has 1 aromatic heterocycles. The maximum absolute atomic E-state index is 13.9. The lowest BCUT2D eigenvalue weighted by Gasteiger charge is -2.40. The summed E-state index contributed by atoms with van der Waals surface area (Å²) < 4.78 is 46.6. The summed E-state index contributed by atoms with van der Waals surface area (Å²) in [5, 5.41) is 14.2. The van der Waals surface area contributed by atoms with Crippen molar-refractivity contribution in [3.8, 4) is 0 Å². The minimum atomic E-state index is -3.63. The van der Waals surface area contributed by atoms with Crippen molar-refractivity contribution in [2.45, 2.75) is 37.0 Å². The predicted octanol–water partition coefficient (Wildman–Crippen LogP) is 3.36. The van der Waals surface area contributed by atoms with Gasteiger partial charge in [-0.15, -0.1) is 11.3 Å². The Kier molecular flexibility index (Phi) is 7.77. The molecule has 0 radical (unpaired) electrons. The number of piperidine rings is 1. The lowest BCUT2D eigenvalue weighted by atomic mass is 9.85. The van der Waals surface area contributed by atoms with Gasteiger partial charge in [-0.3, -0.25) is 9.79 Å². The van der Waals surface area contributed by atoms with E-state index in [1.165, 1.54) is 34.9 Å². The molecule has 3 heterocycles. The molecular formula is C25H26ClFN4O6S2. The first-order valence-electron chi connectivity index (χ1n) is 12.3. The number of thiazole rings is 1. The van der Waals surface area contributed by atoms with Gasteiger partial charge < -0.3 is 15.2 Å². The molecule has 2 fully saturated rings. The molecule has 1 saturated heterocycles. The van der Waals surface area contributed by atoms with Crippen LogP contribution in [0.15, 0.2) is 46.0 Å². The van der Waals surface area contributed by atoms with E-state index in [1.807, 2.05) is 0 Å². The number of carbonyl (C=O) groups excluding carboxylic acids is 1. The van der Waals surface area contributed by atoms with Crippen molar-refractivity contribution < 1.29 is 32.2 Å². The summed E-state index contributed by atoms with van der Waals surface area (Å²) in [6.45, 7) is 0.430. The number of carboxylic acid groups (broad SMARTS) is 1. The van der Waals surface area contributed by atoms with Crippen LogP contribution < -0.4 is 5.32 Å². The van der Waals surface area contributed by atoms with Crippen molar-refractivity contribution >= 4 is 50.7 Å². The zero-order chi connectivity index (χ0) is 27.9. The SMILES string of the molecule is COC(=O)C1=C(C2CCN(S(=O)(=O)C3CC(C(=O)O)C3)CC2)NC(c2nccs2)=NC1c1ccc(F)cc1Cl. The Morgan fingerprint density at radius 1 is 1.26 bits per heavy atom. The number of nitrogens with one attached hydrogen (secondary N) is 1. The summed E-state index contributed by atoms with van der Waals surface area (Å²) in [6.07, 6.45) is 2.68. The van der Waals surface area contributed by atoms with Crippen molar-refractivity contribution in [1.82, 2.24) is 14.6 Å². The number of aliphatic imine (C=N–C) groups is 1.